The van der Waals surface area contributed by atoms with E-state index in [9.17, 15) is 0 Å². The number of fused-ring (bicyclic) bond motifs is 11. The fraction of sp³-hybridized carbons (Fsp3) is 0. The van der Waals surface area contributed by atoms with E-state index in [0.29, 0.717) is 5.82 Å². The fourth-order valence-corrected chi connectivity index (χ4v) is 8.79. The van der Waals surface area contributed by atoms with Crippen molar-refractivity contribution in [2.75, 3.05) is 0 Å². The molecule has 0 atom stereocenters. The van der Waals surface area contributed by atoms with Gasteiger partial charge in [-0.05, 0) is 35.7 Å². The van der Waals surface area contributed by atoms with Crippen molar-refractivity contribution in [1.82, 2.24) is 14.5 Å². The molecule has 0 aliphatic rings. The molecule has 0 aliphatic carbocycles. The van der Waals surface area contributed by atoms with Gasteiger partial charge >= 0.3 is 0 Å². The molecule has 0 unspecified atom stereocenters. The highest BCUT2D eigenvalue weighted by Crippen LogP contribution is 2.43. The van der Waals surface area contributed by atoms with E-state index in [0.717, 1.165) is 60.0 Å². The average molecular weight is 644 g/mol. The van der Waals surface area contributed by atoms with E-state index in [-0.39, 0.29) is 0 Å². The fourth-order valence-electron chi connectivity index (χ4n) is 7.64. The molecule has 0 radical (unpaired) electrons. The Morgan fingerprint density at radius 2 is 1.33 bits per heavy atom. The first kappa shape index (κ1) is 26.7. The topological polar surface area (TPSA) is 43.9 Å². The number of thiophene rings is 1. The predicted molar refractivity (Wildman–Crippen MR) is 205 cm³/mol. The molecule has 4 nitrogen and oxygen atoms in total. The molecule has 0 spiro atoms. The van der Waals surface area contributed by atoms with Gasteiger partial charge in [0.25, 0.3) is 0 Å². The van der Waals surface area contributed by atoms with E-state index in [1.807, 2.05) is 18.2 Å². The molecule has 0 bridgehead atoms. The first-order valence-electron chi connectivity index (χ1n) is 16.4. The van der Waals surface area contributed by atoms with Gasteiger partial charge in [0.15, 0.2) is 5.82 Å². The Morgan fingerprint density at radius 1 is 0.551 bits per heavy atom. The molecular formula is C44H25N3OS. The Bertz CT molecular complexity index is 3110. The van der Waals surface area contributed by atoms with E-state index in [1.165, 1.54) is 37.3 Å². The van der Waals surface area contributed by atoms with Gasteiger partial charge in [0, 0.05) is 59.9 Å². The van der Waals surface area contributed by atoms with Gasteiger partial charge in [-0.25, -0.2) is 9.97 Å². The van der Waals surface area contributed by atoms with Crippen LogP contribution < -0.4 is 0 Å². The summed E-state index contributed by atoms with van der Waals surface area (Å²) in [5.74, 6) is 0.696. The van der Waals surface area contributed by atoms with Crippen LogP contribution in [0.4, 0.5) is 0 Å². The molecule has 0 amide bonds. The van der Waals surface area contributed by atoms with Crippen LogP contribution in [-0.2, 0) is 0 Å². The summed E-state index contributed by atoms with van der Waals surface area (Å²) >= 11 is 1.75. The summed E-state index contributed by atoms with van der Waals surface area (Å²) in [5.41, 5.74) is 9.05. The first-order valence-corrected chi connectivity index (χ1v) is 17.2. The van der Waals surface area contributed by atoms with Gasteiger partial charge in [-0.3, -0.25) is 0 Å². The number of hydrogen-bond donors (Lipinski definition) is 0. The Labute approximate surface area is 284 Å². The maximum absolute atomic E-state index is 6.66. The molecule has 0 fully saturated rings. The molecule has 49 heavy (non-hydrogen) atoms. The second-order valence-corrected chi connectivity index (χ2v) is 13.6. The van der Waals surface area contributed by atoms with Crippen molar-refractivity contribution in [1.29, 1.82) is 0 Å². The lowest BCUT2D eigenvalue weighted by molar-refractivity contribution is 0.668. The summed E-state index contributed by atoms with van der Waals surface area (Å²) in [6.45, 7) is 0. The Balaban J connectivity index is 1.17. The minimum atomic E-state index is 0.696. The molecule has 0 aliphatic heterocycles. The van der Waals surface area contributed by atoms with E-state index >= 15 is 0 Å². The summed E-state index contributed by atoms with van der Waals surface area (Å²) in [5, 5.41) is 8.14. The van der Waals surface area contributed by atoms with Gasteiger partial charge in [-0.15, -0.1) is 11.3 Å². The number of para-hydroxylation sites is 1. The van der Waals surface area contributed by atoms with Gasteiger partial charge in [-0.1, -0.05) is 115 Å². The molecule has 0 saturated carbocycles. The van der Waals surface area contributed by atoms with Crippen LogP contribution in [0.15, 0.2) is 156 Å². The van der Waals surface area contributed by atoms with Crippen LogP contribution >= 0.6 is 11.3 Å². The molecule has 4 aromatic heterocycles. The van der Waals surface area contributed by atoms with Crippen molar-refractivity contribution < 1.29 is 4.42 Å². The van der Waals surface area contributed by atoms with Crippen molar-refractivity contribution in [2.45, 2.75) is 0 Å². The molecule has 11 rings (SSSR count). The minimum absolute atomic E-state index is 0.696. The number of nitrogens with zero attached hydrogens (tertiary/aromatic N) is 3. The summed E-state index contributed by atoms with van der Waals surface area (Å²) in [7, 11) is 0. The van der Waals surface area contributed by atoms with Crippen LogP contribution in [0, 0.1) is 0 Å². The van der Waals surface area contributed by atoms with Crippen LogP contribution in [0.5, 0.6) is 0 Å². The third-order valence-electron chi connectivity index (χ3n) is 9.81. The quantitative estimate of drug-likeness (QED) is 0.192. The Hall–Kier alpha value is -6.30. The van der Waals surface area contributed by atoms with Gasteiger partial charge in [0.1, 0.15) is 11.2 Å². The standard InChI is InChI=1S/C44H25N3OS/c1-2-12-27(13-3-1)40-43-41(33-16-7-9-20-38(33)49-43)46-44(45-40)34-17-10-19-36-39(34)32-24-22-28(25-37(32)48-36)47-35-18-8-6-15-30(35)31-23-21-26-11-4-5-14-29(26)42(31)47/h1-25H. The summed E-state index contributed by atoms with van der Waals surface area (Å²) in [4.78, 5) is 10.5. The average Bonchev–Trinajstić information content (AvgIpc) is 3.84. The van der Waals surface area contributed by atoms with Crippen LogP contribution in [0.2, 0.25) is 0 Å². The number of aromatic nitrogens is 3. The van der Waals surface area contributed by atoms with Crippen molar-refractivity contribution in [2.24, 2.45) is 0 Å². The molecule has 5 heteroatoms. The molecule has 7 aromatic carbocycles. The number of rotatable bonds is 3. The van der Waals surface area contributed by atoms with Crippen LogP contribution in [0.3, 0.4) is 0 Å². The number of hydrogen-bond acceptors (Lipinski definition) is 4. The Morgan fingerprint density at radius 3 is 2.24 bits per heavy atom. The van der Waals surface area contributed by atoms with Gasteiger partial charge in [0.2, 0.25) is 0 Å². The van der Waals surface area contributed by atoms with Gasteiger partial charge in [-0.2, -0.15) is 0 Å². The third-order valence-corrected chi connectivity index (χ3v) is 11.0. The molecule has 0 N–H and O–H groups in total. The van der Waals surface area contributed by atoms with Crippen LogP contribution in [0.25, 0.3) is 103 Å². The number of benzene rings is 7. The Kier molecular flexibility index (Phi) is 5.51. The largest absolute Gasteiger partial charge is 0.456 e. The summed E-state index contributed by atoms with van der Waals surface area (Å²) < 4.78 is 11.3. The molecule has 0 saturated heterocycles. The SMILES string of the molecule is c1ccc(-c2nc(-c3cccc4oc5cc(-n6c7ccccc7c7ccc8ccccc8c76)ccc5c34)nc3c2sc2ccccc23)cc1. The second kappa shape index (κ2) is 10.1. The van der Waals surface area contributed by atoms with Crippen molar-refractivity contribution in [3.63, 3.8) is 0 Å². The van der Waals surface area contributed by atoms with E-state index < -0.39 is 0 Å². The molecule has 11 aromatic rings. The second-order valence-electron chi connectivity index (χ2n) is 12.5. The molecular weight excluding hydrogens is 619 g/mol. The molecule has 4 heterocycles. The lowest BCUT2D eigenvalue weighted by Crippen LogP contribution is -1.95. The first-order chi connectivity index (χ1) is 24.3. The van der Waals surface area contributed by atoms with E-state index in [2.05, 4.69) is 138 Å². The van der Waals surface area contributed by atoms with Crippen molar-refractivity contribution in [3.8, 4) is 28.3 Å². The third kappa shape index (κ3) is 3.85. The monoisotopic (exact) mass is 643 g/mol. The van der Waals surface area contributed by atoms with Crippen LogP contribution in [-0.4, -0.2) is 14.5 Å². The van der Waals surface area contributed by atoms with Gasteiger partial charge in [0.05, 0.1) is 26.9 Å². The minimum Gasteiger partial charge on any atom is -0.456 e. The highest BCUT2D eigenvalue weighted by molar-refractivity contribution is 7.26. The summed E-state index contributed by atoms with van der Waals surface area (Å²) in [6.07, 6.45) is 0. The maximum Gasteiger partial charge on any atom is 0.161 e. The summed E-state index contributed by atoms with van der Waals surface area (Å²) in [6, 6.07) is 53.5. The number of furan rings is 1. The normalized spacial score (nSPS) is 12.1. The zero-order chi connectivity index (χ0) is 32.1. The van der Waals surface area contributed by atoms with E-state index in [4.69, 9.17) is 14.4 Å². The van der Waals surface area contributed by atoms with E-state index in [1.54, 1.807) is 11.3 Å². The predicted octanol–water partition coefficient (Wildman–Crippen LogP) is 12.3. The molecule has 228 valence electrons. The zero-order valence-electron chi connectivity index (χ0n) is 26.1. The maximum atomic E-state index is 6.66. The lowest BCUT2D eigenvalue weighted by Gasteiger charge is -2.10. The smallest absolute Gasteiger partial charge is 0.161 e. The van der Waals surface area contributed by atoms with Gasteiger partial charge < -0.3 is 8.98 Å². The van der Waals surface area contributed by atoms with Crippen molar-refractivity contribution >= 4 is 86.2 Å². The zero-order valence-corrected chi connectivity index (χ0v) is 26.9. The highest BCUT2D eigenvalue weighted by Gasteiger charge is 2.21. The highest BCUT2D eigenvalue weighted by atomic mass is 32.1. The lowest BCUT2D eigenvalue weighted by atomic mass is 10.0. The van der Waals surface area contributed by atoms with Crippen molar-refractivity contribution in [3.05, 3.63) is 152 Å². The van der Waals surface area contributed by atoms with Crippen LogP contribution in [0.1, 0.15) is 0 Å².